The molecule has 0 aliphatic rings. The van der Waals surface area contributed by atoms with E-state index < -0.39 is 15.8 Å². The van der Waals surface area contributed by atoms with Gasteiger partial charge in [0.25, 0.3) is 0 Å². The van der Waals surface area contributed by atoms with Gasteiger partial charge in [0.1, 0.15) is 0 Å². The normalized spacial score (nSPS) is 11.2. The van der Waals surface area contributed by atoms with Crippen molar-refractivity contribution >= 4 is 15.8 Å². The fraction of sp³-hybridized carbons (Fsp3) is 0.333. The van der Waals surface area contributed by atoms with E-state index in [0.29, 0.717) is 0 Å². The first kappa shape index (κ1) is 15.1. The van der Waals surface area contributed by atoms with Gasteiger partial charge in [0, 0.05) is 6.54 Å². The number of carboxylic acids is 1. The largest absolute Gasteiger partial charge is 0.480 e. The van der Waals surface area contributed by atoms with Crippen LogP contribution in [0.1, 0.15) is 5.56 Å². The Hall–Kier alpha value is -1.91. The smallest absolute Gasteiger partial charge is 0.317 e. The van der Waals surface area contributed by atoms with Crippen molar-refractivity contribution in [1.29, 1.82) is 5.26 Å². The highest BCUT2D eigenvalue weighted by molar-refractivity contribution is 7.91. The highest BCUT2D eigenvalue weighted by atomic mass is 32.2. The summed E-state index contributed by atoms with van der Waals surface area (Å²) in [5, 5.41) is 17.3. The number of sulfone groups is 1. The van der Waals surface area contributed by atoms with E-state index in [4.69, 9.17) is 10.4 Å². The van der Waals surface area contributed by atoms with E-state index in [1.807, 2.05) is 6.07 Å². The summed E-state index contributed by atoms with van der Waals surface area (Å²) in [6, 6.07) is 7.64. The Morgan fingerprint density at radius 3 is 2.74 bits per heavy atom. The first-order valence-electron chi connectivity index (χ1n) is 5.48. The number of carbonyl (C=O) groups is 1. The SMILES string of the molecule is CN(CCS(=O)(=O)c1cccc(C#N)c1)CC(=O)O. The van der Waals surface area contributed by atoms with Gasteiger partial charge in [0.2, 0.25) is 0 Å². The molecule has 0 fully saturated rings. The first-order chi connectivity index (χ1) is 8.85. The summed E-state index contributed by atoms with van der Waals surface area (Å²) in [6.07, 6.45) is 0. The summed E-state index contributed by atoms with van der Waals surface area (Å²) >= 11 is 0. The Morgan fingerprint density at radius 1 is 1.47 bits per heavy atom. The number of hydrogen-bond acceptors (Lipinski definition) is 5. The quantitative estimate of drug-likeness (QED) is 0.808. The van der Waals surface area contributed by atoms with Crippen LogP contribution < -0.4 is 0 Å². The fourth-order valence-electron chi connectivity index (χ4n) is 1.46. The van der Waals surface area contributed by atoms with Crippen molar-refractivity contribution in [1.82, 2.24) is 4.90 Å². The summed E-state index contributed by atoms with van der Waals surface area (Å²) in [7, 11) is -1.97. The van der Waals surface area contributed by atoms with E-state index in [2.05, 4.69) is 0 Å². The van der Waals surface area contributed by atoms with E-state index in [9.17, 15) is 13.2 Å². The summed E-state index contributed by atoms with van der Waals surface area (Å²) in [6.45, 7) is -0.0980. The van der Waals surface area contributed by atoms with Gasteiger partial charge in [-0.1, -0.05) is 6.07 Å². The highest BCUT2D eigenvalue weighted by Gasteiger charge is 2.16. The molecule has 102 valence electrons. The molecule has 6 nitrogen and oxygen atoms in total. The molecule has 0 atom stereocenters. The third-order valence-electron chi connectivity index (χ3n) is 2.47. The van der Waals surface area contributed by atoms with Crippen LogP contribution in [0.2, 0.25) is 0 Å². The number of likely N-dealkylation sites (N-methyl/N-ethyl adjacent to an activating group) is 1. The molecule has 0 saturated heterocycles. The first-order valence-corrected chi connectivity index (χ1v) is 7.13. The van der Waals surface area contributed by atoms with Crippen LogP contribution in [0.4, 0.5) is 0 Å². The Morgan fingerprint density at radius 2 is 2.16 bits per heavy atom. The number of nitrogens with zero attached hydrogens (tertiary/aromatic N) is 2. The van der Waals surface area contributed by atoms with E-state index in [0.717, 1.165) is 0 Å². The maximum absolute atomic E-state index is 12.0. The van der Waals surface area contributed by atoms with Crippen LogP contribution in [0.25, 0.3) is 0 Å². The average molecular weight is 282 g/mol. The molecule has 0 aliphatic heterocycles. The number of rotatable bonds is 6. The summed E-state index contributed by atoms with van der Waals surface area (Å²) in [5.74, 6) is -1.20. The second kappa shape index (κ2) is 6.31. The molecule has 0 spiro atoms. The molecule has 0 saturated carbocycles. The van der Waals surface area contributed by atoms with E-state index >= 15 is 0 Å². The molecule has 0 radical (unpaired) electrons. The van der Waals surface area contributed by atoms with Crippen molar-refractivity contribution in [3.05, 3.63) is 29.8 Å². The number of benzene rings is 1. The van der Waals surface area contributed by atoms with Crippen LogP contribution in [0.15, 0.2) is 29.2 Å². The summed E-state index contributed by atoms with van der Waals surface area (Å²) in [5.41, 5.74) is 0.278. The molecular formula is C12H14N2O4S. The molecule has 19 heavy (non-hydrogen) atoms. The van der Waals surface area contributed by atoms with Crippen molar-refractivity contribution in [2.45, 2.75) is 4.90 Å². The standard InChI is InChI=1S/C12H14N2O4S/c1-14(9-12(15)16)5-6-19(17,18)11-4-2-3-10(7-11)8-13/h2-4,7H,5-6,9H2,1H3,(H,15,16). The lowest BCUT2D eigenvalue weighted by Crippen LogP contribution is -2.30. The minimum Gasteiger partial charge on any atom is -0.480 e. The molecular weight excluding hydrogens is 268 g/mol. The van der Waals surface area contributed by atoms with Crippen LogP contribution in [-0.4, -0.2) is 50.3 Å². The Kier molecular flexibility index (Phi) is 5.03. The molecule has 0 heterocycles. The van der Waals surface area contributed by atoms with Crippen LogP contribution in [0, 0.1) is 11.3 Å². The van der Waals surface area contributed by atoms with Crippen molar-refractivity contribution < 1.29 is 18.3 Å². The molecule has 1 rings (SSSR count). The average Bonchev–Trinajstić information content (AvgIpc) is 2.36. The van der Waals surface area contributed by atoms with E-state index in [-0.39, 0.29) is 29.3 Å². The lowest BCUT2D eigenvalue weighted by atomic mass is 10.2. The Bertz CT molecular complexity index is 604. The van der Waals surface area contributed by atoms with Crippen molar-refractivity contribution in [3.8, 4) is 6.07 Å². The maximum atomic E-state index is 12.0. The third-order valence-corrected chi connectivity index (χ3v) is 4.16. The van der Waals surface area contributed by atoms with Crippen LogP contribution >= 0.6 is 0 Å². The predicted octanol–water partition coefficient (Wildman–Crippen LogP) is 0.348. The second-order valence-corrected chi connectivity index (χ2v) is 6.20. The molecule has 0 amide bonds. The molecule has 1 aromatic carbocycles. The number of carboxylic acid groups (broad SMARTS) is 1. The van der Waals surface area contributed by atoms with Gasteiger partial charge in [-0.2, -0.15) is 5.26 Å². The van der Waals surface area contributed by atoms with Crippen LogP contribution in [-0.2, 0) is 14.6 Å². The van der Waals surface area contributed by atoms with Crippen molar-refractivity contribution in [2.24, 2.45) is 0 Å². The molecule has 0 unspecified atom stereocenters. The van der Waals surface area contributed by atoms with E-state index in [1.165, 1.54) is 36.2 Å². The third kappa shape index (κ3) is 4.69. The Labute approximate surface area is 111 Å². The summed E-state index contributed by atoms with van der Waals surface area (Å²) < 4.78 is 24.0. The molecule has 7 heteroatoms. The molecule has 1 aromatic rings. The monoisotopic (exact) mass is 282 g/mol. The van der Waals surface area contributed by atoms with E-state index in [1.54, 1.807) is 0 Å². The number of aliphatic carboxylic acids is 1. The van der Waals surface area contributed by atoms with Crippen LogP contribution in [0.3, 0.4) is 0 Å². The number of nitriles is 1. The van der Waals surface area contributed by atoms with Gasteiger partial charge < -0.3 is 5.11 Å². The topological polar surface area (TPSA) is 98.5 Å². The van der Waals surface area contributed by atoms with Gasteiger partial charge in [-0.05, 0) is 25.2 Å². The fourth-order valence-corrected chi connectivity index (χ4v) is 2.84. The molecule has 0 aromatic heterocycles. The zero-order chi connectivity index (χ0) is 14.5. The van der Waals surface area contributed by atoms with Gasteiger partial charge in [-0.3, -0.25) is 9.69 Å². The highest BCUT2D eigenvalue weighted by Crippen LogP contribution is 2.13. The summed E-state index contributed by atoms with van der Waals surface area (Å²) in [4.78, 5) is 12.0. The van der Waals surface area contributed by atoms with Crippen molar-refractivity contribution in [3.63, 3.8) is 0 Å². The molecule has 0 bridgehead atoms. The minimum atomic E-state index is -3.51. The van der Waals surface area contributed by atoms with Crippen molar-refractivity contribution in [2.75, 3.05) is 25.9 Å². The number of hydrogen-bond donors (Lipinski definition) is 1. The predicted molar refractivity (Wildman–Crippen MR) is 68.3 cm³/mol. The van der Waals surface area contributed by atoms with Gasteiger partial charge in [0.05, 0.1) is 28.8 Å². The van der Waals surface area contributed by atoms with Crippen LogP contribution in [0.5, 0.6) is 0 Å². The second-order valence-electron chi connectivity index (χ2n) is 4.09. The molecule has 0 aliphatic carbocycles. The van der Waals surface area contributed by atoms with Gasteiger partial charge >= 0.3 is 5.97 Å². The lowest BCUT2D eigenvalue weighted by molar-refractivity contribution is -0.137. The lowest BCUT2D eigenvalue weighted by Gasteiger charge is -2.13. The Balaban J connectivity index is 2.76. The molecule has 1 N–H and O–H groups in total. The minimum absolute atomic E-state index is 0.0790. The van der Waals surface area contributed by atoms with Gasteiger partial charge in [-0.25, -0.2) is 8.42 Å². The van der Waals surface area contributed by atoms with Gasteiger partial charge in [-0.15, -0.1) is 0 Å². The van der Waals surface area contributed by atoms with Gasteiger partial charge in [0.15, 0.2) is 9.84 Å². The maximum Gasteiger partial charge on any atom is 0.317 e. The zero-order valence-corrected chi connectivity index (χ0v) is 11.2. The zero-order valence-electron chi connectivity index (χ0n) is 10.4.